The monoisotopic (exact) mass is 444 g/mol. The molecule has 0 bridgehead atoms. The zero-order valence-corrected chi connectivity index (χ0v) is 18.7. The van der Waals surface area contributed by atoms with Crippen molar-refractivity contribution >= 4 is 22.4 Å². The Labute approximate surface area is 184 Å². The molecule has 1 aliphatic heterocycles. The fraction of sp³-hybridized carbons (Fsp3) is 0.391. The third-order valence-corrected chi connectivity index (χ3v) is 6.58. The number of rotatable bonds is 8. The molecule has 4 unspecified atom stereocenters. The van der Waals surface area contributed by atoms with E-state index in [4.69, 9.17) is 10.0 Å². The van der Waals surface area contributed by atoms with Crippen LogP contribution in [0.25, 0.3) is 11.1 Å². The molecule has 2 aromatic rings. The number of nitrogens with zero attached hydrogens (tertiary/aromatic N) is 1. The van der Waals surface area contributed by atoms with Crippen LogP contribution in [0, 0.1) is 6.92 Å². The van der Waals surface area contributed by atoms with Crippen LogP contribution in [0.2, 0.25) is 0 Å². The van der Waals surface area contributed by atoms with Gasteiger partial charge in [0.1, 0.15) is 11.4 Å². The number of nitrogens with one attached hydrogen (secondary N) is 1. The van der Waals surface area contributed by atoms with Crippen LogP contribution in [-0.4, -0.2) is 49.9 Å². The van der Waals surface area contributed by atoms with Gasteiger partial charge in [-0.3, -0.25) is 14.2 Å². The molecule has 0 saturated carbocycles. The number of aliphatic hydroxyl groups is 1. The lowest BCUT2D eigenvalue weighted by Gasteiger charge is -2.15. The zero-order valence-electron chi connectivity index (χ0n) is 17.9. The molecule has 0 aromatic heterocycles. The minimum absolute atomic E-state index is 0.207. The second-order valence-corrected chi connectivity index (χ2v) is 9.51. The van der Waals surface area contributed by atoms with E-state index in [0.717, 1.165) is 33.5 Å². The van der Waals surface area contributed by atoms with Crippen LogP contribution in [0.1, 0.15) is 36.5 Å². The van der Waals surface area contributed by atoms with Gasteiger partial charge in [-0.1, -0.05) is 41.6 Å². The molecule has 3 N–H and O–H groups in total. The Morgan fingerprint density at radius 3 is 2.52 bits per heavy atom. The number of hydroxylamine groups is 1. The van der Waals surface area contributed by atoms with Gasteiger partial charge in [-0.25, -0.2) is 5.48 Å². The molecular weight excluding hydrogens is 416 g/mol. The lowest BCUT2D eigenvalue weighted by atomic mass is 9.94. The van der Waals surface area contributed by atoms with Crippen molar-refractivity contribution in [2.24, 2.45) is 5.16 Å². The smallest absolute Gasteiger partial charge is 0.259 e. The van der Waals surface area contributed by atoms with E-state index < -0.39 is 22.0 Å². The van der Waals surface area contributed by atoms with Gasteiger partial charge in [0.25, 0.3) is 5.91 Å². The summed E-state index contributed by atoms with van der Waals surface area (Å²) in [5, 5.41) is 21.7. The van der Waals surface area contributed by atoms with E-state index in [1.54, 1.807) is 12.4 Å². The number of carbonyl (C=O) groups excluding carboxylic acids is 1. The quantitative estimate of drug-likeness (QED) is 0.429. The summed E-state index contributed by atoms with van der Waals surface area (Å²) < 4.78 is 11.8. The predicted molar refractivity (Wildman–Crippen MR) is 120 cm³/mol. The number of hydrogen-bond donors (Lipinski definition) is 3. The summed E-state index contributed by atoms with van der Waals surface area (Å²) in [6.45, 7) is 3.82. The first kappa shape index (κ1) is 23.1. The Hall–Kier alpha value is -2.55. The van der Waals surface area contributed by atoms with Crippen LogP contribution in [0.3, 0.4) is 0 Å². The van der Waals surface area contributed by atoms with Crippen LogP contribution in [0.4, 0.5) is 0 Å². The Bertz CT molecular complexity index is 988. The van der Waals surface area contributed by atoms with Gasteiger partial charge in [0, 0.05) is 29.9 Å². The van der Waals surface area contributed by atoms with Crippen LogP contribution in [-0.2, 0) is 26.9 Å². The molecule has 3 rings (SSSR count). The highest BCUT2D eigenvalue weighted by Crippen LogP contribution is 2.28. The number of benzene rings is 2. The van der Waals surface area contributed by atoms with Crippen molar-refractivity contribution in [3.63, 3.8) is 0 Å². The van der Waals surface area contributed by atoms with Crippen LogP contribution < -0.4 is 5.48 Å². The largest absolute Gasteiger partial charge is 0.393 e. The first-order valence-electron chi connectivity index (χ1n) is 10.2. The summed E-state index contributed by atoms with van der Waals surface area (Å²) in [7, 11) is -1.44. The Morgan fingerprint density at radius 2 is 1.94 bits per heavy atom. The van der Waals surface area contributed by atoms with Crippen molar-refractivity contribution in [3.8, 4) is 11.1 Å². The molecule has 166 valence electrons. The molecule has 0 spiro atoms. The maximum atomic E-state index is 11.8. The van der Waals surface area contributed by atoms with E-state index in [-0.39, 0.29) is 18.6 Å². The van der Waals surface area contributed by atoms with Crippen LogP contribution in [0.5, 0.6) is 0 Å². The maximum absolute atomic E-state index is 11.8. The van der Waals surface area contributed by atoms with Crippen molar-refractivity contribution in [3.05, 3.63) is 59.2 Å². The number of carbonyl (C=O) groups is 1. The Morgan fingerprint density at radius 1 is 1.26 bits per heavy atom. The third kappa shape index (κ3) is 5.78. The summed E-state index contributed by atoms with van der Waals surface area (Å²) in [4.78, 5) is 17.2. The second kappa shape index (κ2) is 10.2. The topological polar surface area (TPSA) is 108 Å². The first-order valence-corrected chi connectivity index (χ1v) is 11.8. The van der Waals surface area contributed by atoms with Crippen molar-refractivity contribution in [2.75, 3.05) is 6.26 Å². The van der Waals surface area contributed by atoms with Gasteiger partial charge in [-0.2, -0.15) is 0 Å². The van der Waals surface area contributed by atoms with E-state index in [1.807, 2.05) is 31.2 Å². The van der Waals surface area contributed by atoms with Gasteiger partial charge in [-0.05, 0) is 54.2 Å². The molecule has 31 heavy (non-hydrogen) atoms. The minimum atomic E-state index is -1.44. The maximum Gasteiger partial charge on any atom is 0.259 e. The average Bonchev–Trinajstić information content (AvgIpc) is 3.20. The van der Waals surface area contributed by atoms with E-state index in [0.29, 0.717) is 12.8 Å². The molecule has 1 heterocycles. The summed E-state index contributed by atoms with van der Waals surface area (Å²) >= 11 is 0. The fourth-order valence-electron chi connectivity index (χ4n) is 3.76. The number of hydrogen-bond acceptors (Lipinski definition) is 6. The van der Waals surface area contributed by atoms with Gasteiger partial charge in [0.05, 0.1) is 11.8 Å². The Kier molecular flexibility index (Phi) is 7.59. The summed E-state index contributed by atoms with van der Waals surface area (Å²) in [5.74, 6) is -0.683. The van der Waals surface area contributed by atoms with Gasteiger partial charge in [0.15, 0.2) is 0 Å². The molecule has 2 aromatic carbocycles. The van der Waals surface area contributed by atoms with Crippen molar-refractivity contribution in [2.45, 2.75) is 50.6 Å². The molecule has 0 radical (unpaired) electrons. The summed E-state index contributed by atoms with van der Waals surface area (Å²) in [6, 6.07) is 14.3. The number of aryl methyl sites for hydroxylation is 1. The third-order valence-electron chi connectivity index (χ3n) is 5.37. The molecule has 0 aliphatic carbocycles. The molecule has 8 heteroatoms. The normalized spacial score (nSPS) is 18.6. The van der Waals surface area contributed by atoms with E-state index >= 15 is 0 Å². The van der Waals surface area contributed by atoms with Gasteiger partial charge < -0.3 is 9.94 Å². The molecule has 4 atom stereocenters. The van der Waals surface area contributed by atoms with E-state index in [9.17, 15) is 14.1 Å². The number of oxime groups is 1. The van der Waals surface area contributed by atoms with Gasteiger partial charge >= 0.3 is 0 Å². The molecule has 1 amide bonds. The molecule has 1 aliphatic rings. The van der Waals surface area contributed by atoms with Crippen molar-refractivity contribution in [1.29, 1.82) is 0 Å². The van der Waals surface area contributed by atoms with Crippen molar-refractivity contribution < 1.29 is 24.2 Å². The average molecular weight is 445 g/mol. The predicted octanol–water partition coefficient (Wildman–Crippen LogP) is 2.72. The molecule has 0 fully saturated rings. The lowest BCUT2D eigenvalue weighted by molar-refractivity contribution is -0.129. The minimum Gasteiger partial charge on any atom is -0.393 e. The molecule has 7 nitrogen and oxygen atoms in total. The van der Waals surface area contributed by atoms with E-state index in [2.05, 4.69) is 23.4 Å². The second-order valence-electron chi connectivity index (χ2n) is 7.95. The van der Waals surface area contributed by atoms with Gasteiger partial charge in [0.2, 0.25) is 0 Å². The standard InChI is InChI=1S/C23H28N2O5S/c1-14-10-18(8-9-20(14)17-6-4-16(5-7-17)11-15(2)26)21-12-19(30-25-21)13-22(31(3)29)23(27)24-28/h4-10,15,19,22,26,28H,11-13H2,1-3H3,(H,24,27). The fourth-order valence-corrected chi connectivity index (χ4v) is 4.60. The summed E-state index contributed by atoms with van der Waals surface area (Å²) in [5.41, 5.74) is 7.69. The zero-order chi connectivity index (χ0) is 22.5. The number of amides is 1. The van der Waals surface area contributed by atoms with Crippen LogP contribution in [0.15, 0.2) is 47.6 Å². The summed E-state index contributed by atoms with van der Waals surface area (Å²) in [6.07, 6.45) is 2.03. The highest BCUT2D eigenvalue weighted by molar-refractivity contribution is 7.85. The first-order chi connectivity index (χ1) is 14.8. The lowest BCUT2D eigenvalue weighted by Crippen LogP contribution is -2.37. The molecule has 0 saturated heterocycles. The highest BCUT2D eigenvalue weighted by Gasteiger charge is 2.31. The SMILES string of the molecule is Cc1cc(C2=NOC(CC(C(=O)NO)S(C)=O)C2)ccc1-c1ccc(CC(C)O)cc1. The van der Waals surface area contributed by atoms with E-state index in [1.165, 1.54) is 6.26 Å². The highest BCUT2D eigenvalue weighted by atomic mass is 32.2. The van der Waals surface area contributed by atoms with Crippen molar-refractivity contribution in [1.82, 2.24) is 5.48 Å². The van der Waals surface area contributed by atoms with Crippen LogP contribution >= 0.6 is 0 Å². The number of aliphatic hydroxyl groups excluding tert-OH is 1. The Balaban J connectivity index is 1.69. The van der Waals surface area contributed by atoms with Gasteiger partial charge in [-0.15, -0.1) is 0 Å². The molecular formula is C23H28N2O5S.